The lowest BCUT2D eigenvalue weighted by Crippen LogP contribution is -2.44. The number of piperidine rings is 1. The number of aryl methyl sites for hydroxylation is 1. The molecule has 2 atom stereocenters. The fourth-order valence-electron chi connectivity index (χ4n) is 4.72. The topological polar surface area (TPSA) is 71.0 Å². The first kappa shape index (κ1) is 20.0. The van der Waals surface area contributed by atoms with Gasteiger partial charge in [0.1, 0.15) is 5.82 Å². The third-order valence-electron chi connectivity index (χ3n) is 6.28. The van der Waals surface area contributed by atoms with E-state index in [0.717, 1.165) is 62.4 Å². The molecule has 2 aliphatic rings. The van der Waals surface area contributed by atoms with Crippen molar-refractivity contribution < 1.29 is 4.79 Å². The zero-order valence-electron chi connectivity index (χ0n) is 17.3. The third kappa shape index (κ3) is 5.18. The summed E-state index contributed by atoms with van der Waals surface area (Å²) in [5.74, 6) is 1.54. The molecule has 3 heterocycles. The third-order valence-corrected chi connectivity index (χ3v) is 6.28. The SMILES string of the molecule is Cc1ncc(CN2CCCC(C(NC(=O)C3CCCC3)c3ccccn3)C2)cn1. The highest BCUT2D eigenvalue weighted by Gasteiger charge is 2.32. The fraction of sp³-hybridized carbons (Fsp3) is 0.565. The van der Waals surface area contributed by atoms with Crippen molar-refractivity contribution in [2.75, 3.05) is 13.1 Å². The van der Waals surface area contributed by atoms with E-state index in [2.05, 4.69) is 25.2 Å². The molecule has 6 heteroatoms. The molecule has 154 valence electrons. The summed E-state index contributed by atoms with van der Waals surface area (Å²) in [5.41, 5.74) is 2.12. The second-order valence-corrected chi connectivity index (χ2v) is 8.50. The van der Waals surface area contributed by atoms with Crippen LogP contribution in [0.3, 0.4) is 0 Å². The fourth-order valence-corrected chi connectivity index (χ4v) is 4.72. The van der Waals surface area contributed by atoms with Crippen molar-refractivity contribution in [2.45, 2.75) is 58.0 Å². The molecule has 1 amide bonds. The van der Waals surface area contributed by atoms with Crippen molar-refractivity contribution in [3.63, 3.8) is 0 Å². The van der Waals surface area contributed by atoms with E-state index in [1.165, 1.54) is 12.8 Å². The van der Waals surface area contributed by atoms with Gasteiger partial charge in [0.15, 0.2) is 0 Å². The zero-order chi connectivity index (χ0) is 20.1. The summed E-state index contributed by atoms with van der Waals surface area (Å²) in [6.45, 7) is 4.77. The molecule has 2 unspecified atom stereocenters. The first-order chi connectivity index (χ1) is 14.2. The van der Waals surface area contributed by atoms with E-state index in [4.69, 9.17) is 0 Å². The summed E-state index contributed by atoms with van der Waals surface area (Å²) in [6.07, 6.45) is 12.3. The Hall–Kier alpha value is -2.34. The van der Waals surface area contributed by atoms with Gasteiger partial charge in [-0.3, -0.25) is 14.7 Å². The predicted molar refractivity (Wildman–Crippen MR) is 112 cm³/mol. The predicted octanol–water partition coefficient (Wildman–Crippen LogP) is 3.44. The van der Waals surface area contributed by atoms with E-state index >= 15 is 0 Å². The highest BCUT2D eigenvalue weighted by Crippen LogP contribution is 2.31. The van der Waals surface area contributed by atoms with Crippen LogP contribution in [0, 0.1) is 18.8 Å². The maximum atomic E-state index is 12.9. The van der Waals surface area contributed by atoms with Crippen LogP contribution in [0.5, 0.6) is 0 Å². The summed E-state index contributed by atoms with van der Waals surface area (Å²) >= 11 is 0. The number of aromatic nitrogens is 3. The molecule has 0 spiro atoms. The van der Waals surface area contributed by atoms with Crippen LogP contribution in [0.25, 0.3) is 0 Å². The Kier molecular flexibility index (Phi) is 6.49. The highest BCUT2D eigenvalue weighted by molar-refractivity contribution is 5.79. The van der Waals surface area contributed by atoms with E-state index in [1.807, 2.05) is 43.7 Å². The van der Waals surface area contributed by atoms with E-state index in [9.17, 15) is 4.79 Å². The molecule has 0 radical (unpaired) electrons. The first-order valence-electron chi connectivity index (χ1n) is 10.9. The van der Waals surface area contributed by atoms with Crippen LogP contribution in [0.15, 0.2) is 36.8 Å². The normalized spacial score (nSPS) is 21.8. The molecule has 2 aromatic heterocycles. The summed E-state index contributed by atoms with van der Waals surface area (Å²) < 4.78 is 0. The molecule has 29 heavy (non-hydrogen) atoms. The molecular weight excluding hydrogens is 362 g/mol. The molecule has 1 N–H and O–H groups in total. The van der Waals surface area contributed by atoms with Crippen molar-refractivity contribution in [1.29, 1.82) is 0 Å². The van der Waals surface area contributed by atoms with Gasteiger partial charge in [0.25, 0.3) is 0 Å². The molecule has 0 bridgehead atoms. The van der Waals surface area contributed by atoms with Crippen LogP contribution < -0.4 is 5.32 Å². The quantitative estimate of drug-likeness (QED) is 0.814. The van der Waals surface area contributed by atoms with Gasteiger partial charge in [-0.15, -0.1) is 0 Å². The van der Waals surface area contributed by atoms with Gasteiger partial charge in [0.05, 0.1) is 11.7 Å². The van der Waals surface area contributed by atoms with Crippen LogP contribution in [-0.4, -0.2) is 38.8 Å². The molecule has 2 aromatic rings. The van der Waals surface area contributed by atoms with Gasteiger partial charge in [0, 0.05) is 43.2 Å². The molecule has 1 saturated heterocycles. The van der Waals surface area contributed by atoms with Crippen molar-refractivity contribution in [2.24, 2.45) is 11.8 Å². The highest BCUT2D eigenvalue weighted by atomic mass is 16.2. The number of amides is 1. The lowest BCUT2D eigenvalue weighted by molar-refractivity contribution is -0.126. The minimum absolute atomic E-state index is 0.0265. The van der Waals surface area contributed by atoms with Crippen LogP contribution in [-0.2, 0) is 11.3 Å². The molecular formula is C23H31N5O. The standard InChI is InChI=1S/C23H31N5O/c1-17-25-13-18(14-26-17)15-28-12-6-9-20(16-28)22(21-10-4-5-11-24-21)27-23(29)19-7-2-3-8-19/h4-5,10-11,13-14,19-20,22H,2-3,6-9,12,15-16H2,1H3,(H,27,29). The number of hydrogen-bond acceptors (Lipinski definition) is 5. The zero-order valence-corrected chi connectivity index (χ0v) is 17.3. The number of likely N-dealkylation sites (tertiary alicyclic amines) is 1. The number of carbonyl (C=O) groups excluding carboxylic acids is 1. The smallest absolute Gasteiger partial charge is 0.223 e. The van der Waals surface area contributed by atoms with Gasteiger partial charge in [-0.05, 0) is 57.2 Å². The van der Waals surface area contributed by atoms with E-state index < -0.39 is 0 Å². The van der Waals surface area contributed by atoms with Crippen LogP contribution >= 0.6 is 0 Å². The molecule has 2 fully saturated rings. The summed E-state index contributed by atoms with van der Waals surface area (Å²) in [7, 11) is 0. The summed E-state index contributed by atoms with van der Waals surface area (Å²) in [6, 6.07) is 5.97. The lowest BCUT2D eigenvalue weighted by atomic mass is 9.87. The van der Waals surface area contributed by atoms with Gasteiger partial charge in [-0.25, -0.2) is 9.97 Å². The number of carbonyl (C=O) groups is 1. The molecule has 0 aromatic carbocycles. The van der Waals surface area contributed by atoms with E-state index in [1.54, 1.807) is 0 Å². The van der Waals surface area contributed by atoms with Crippen LogP contribution in [0.1, 0.15) is 61.6 Å². The minimum atomic E-state index is -0.0265. The van der Waals surface area contributed by atoms with Gasteiger partial charge in [-0.2, -0.15) is 0 Å². The van der Waals surface area contributed by atoms with Crippen molar-refractivity contribution in [1.82, 2.24) is 25.2 Å². The van der Waals surface area contributed by atoms with Crippen LogP contribution in [0.2, 0.25) is 0 Å². The maximum Gasteiger partial charge on any atom is 0.223 e. The van der Waals surface area contributed by atoms with Crippen molar-refractivity contribution in [3.8, 4) is 0 Å². The molecule has 1 saturated carbocycles. The number of hydrogen-bond donors (Lipinski definition) is 1. The number of rotatable bonds is 6. The molecule has 6 nitrogen and oxygen atoms in total. The Morgan fingerprint density at radius 1 is 1.14 bits per heavy atom. The Bertz CT molecular complexity index is 789. The second-order valence-electron chi connectivity index (χ2n) is 8.50. The van der Waals surface area contributed by atoms with Gasteiger partial charge in [-0.1, -0.05) is 18.9 Å². The Balaban J connectivity index is 1.47. The summed E-state index contributed by atoms with van der Waals surface area (Å²) in [5, 5.41) is 3.38. The minimum Gasteiger partial charge on any atom is -0.347 e. The lowest BCUT2D eigenvalue weighted by Gasteiger charge is -2.37. The summed E-state index contributed by atoms with van der Waals surface area (Å²) in [4.78, 5) is 28.6. The molecule has 1 aliphatic carbocycles. The molecule has 1 aliphatic heterocycles. The largest absolute Gasteiger partial charge is 0.347 e. The van der Waals surface area contributed by atoms with Gasteiger partial charge >= 0.3 is 0 Å². The second kappa shape index (κ2) is 9.44. The van der Waals surface area contributed by atoms with Gasteiger partial charge in [0.2, 0.25) is 5.91 Å². The maximum absolute atomic E-state index is 12.9. The Morgan fingerprint density at radius 2 is 1.93 bits per heavy atom. The van der Waals surface area contributed by atoms with Crippen molar-refractivity contribution in [3.05, 3.63) is 53.9 Å². The Labute approximate surface area is 173 Å². The van der Waals surface area contributed by atoms with Crippen LogP contribution in [0.4, 0.5) is 0 Å². The number of nitrogens with one attached hydrogen (secondary N) is 1. The Morgan fingerprint density at radius 3 is 2.66 bits per heavy atom. The average Bonchev–Trinajstić information content (AvgIpc) is 3.29. The van der Waals surface area contributed by atoms with E-state index in [0.29, 0.717) is 5.92 Å². The number of pyridine rings is 1. The van der Waals surface area contributed by atoms with Crippen molar-refractivity contribution >= 4 is 5.91 Å². The first-order valence-corrected chi connectivity index (χ1v) is 10.9. The van der Waals surface area contributed by atoms with Gasteiger partial charge < -0.3 is 5.32 Å². The molecule has 4 rings (SSSR count). The monoisotopic (exact) mass is 393 g/mol. The average molecular weight is 394 g/mol. The van der Waals surface area contributed by atoms with E-state index in [-0.39, 0.29) is 17.9 Å². The number of nitrogens with zero attached hydrogens (tertiary/aromatic N) is 4.